The van der Waals surface area contributed by atoms with Gasteiger partial charge in [0, 0.05) is 19.4 Å². The minimum atomic E-state index is -0.662. The van der Waals surface area contributed by atoms with E-state index in [-0.39, 0.29) is 30.5 Å². The molecular weight excluding hydrogens is 436 g/mol. The molecule has 0 aliphatic heterocycles. The van der Waals surface area contributed by atoms with E-state index in [1.165, 1.54) is 0 Å². The molecule has 0 aromatic heterocycles. The van der Waals surface area contributed by atoms with E-state index in [4.69, 9.17) is 9.47 Å². The molecule has 0 spiro atoms. The maximum absolute atomic E-state index is 13.1. The lowest BCUT2D eigenvalue weighted by molar-refractivity contribution is -0.161. The van der Waals surface area contributed by atoms with Gasteiger partial charge in [-0.1, -0.05) is 33.1 Å². The van der Waals surface area contributed by atoms with E-state index in [1.54, 1.807) is 27.7 Å². The Morgan fingerprint density at radius 2 is 1.38 bits per heavy atom. The number of ketones is 1. The molecule has 2 atom stereocenters. The molecule has 0 aliphatic carbocycles. The second-order valence-electron chi connectivity index (χ2n) is 10.8. The van der Waals surface area contributed by atoms with Crippen molar-refractivity contribution in [1.82, 2.24) is 10.6 Å². The molecule has 2 N–H and O–H groups in total. The van der Waals surface area contributed by atoms with Crippen LogP contribution in [0.1, 0.15) is 113 Å². The van der Waals surface area contributed by atoms with Crippen molar-refractivity contribution in [2.75, 3.05) is 6.54 Å². The minimum Gasteiger partial charge on any atom is -0.460 e. The lowest BCUT2D eigenvalue weighted by atomic mass is 9.91. The topological polar surface area (TPSA) is 111 Å². The largest absolute Gasteiger partial charge is 0.460 e. The summed E-state index contributed by atoms with van der Waals surface area (Å²) in [4.78, 5) is 49.6. The van der Waals surface area contributed by atoms with Crippen LogP contribution in [0.25, 0.3) is 0 Å². The highest BCUT2D eigenvalue weighted by Gasteiger charge is 2.30. The van der Waals surface area contributed by atoms with Gasteiger partial charge in [0.2, 0.25) is 5.91 Å². The van der Waals surface area contributed by atoms with Crippen LogP contribution in [0.2, 0.25) is 0 Å². The monoisotopic (exact) mass is 484 g/mol. The molecule has 8 heteroatoms. The van der Waals surface area contributed by atoms with Crippen LogP contribution in [-0.2, 0) is 23.9 Å². The lowest BCUT2D eigenvalue weighted by Gasteiger charge is -2.25. The SMILES string of the molecule is CCCCC[C@H](CC(=O)C(CCCCNC(=O)OC(C)(C)C)NC(=O)CC)C(=O)OC(C)(C)C. The third-order valence-electron chi connectivity index (χ3n) is 4.98. The Morgan fingerprint density at radius 1 is 0.794 bits per heavy atom. The number of hydrogen-bond acceptors (Lipinski definition) is 6. The molecule has 8 nitrogen and oxygen atoms in total. The fraction of sp³-hybridized carbons (Fsp3) is 0.846. The summed E-state index contributed by atoms with van der Waals surface area (Å²) in [6.45, 7) is 15.1. The van der Waals surface area contributed by atoms with Crippen LogP contribution in [0, 0.1) is 5.92 Å². The number of esters is 1. The number of carbonyl (C=O) groups excluding carboxylic acids is 4. The number of alkyl carbamates (subject to hydrolysis) is 1. The second-order valence-corrected chi connectivity index (χ2v) is 10.8. The summed E-state index contributed by atoms with van der Waals surface area (Å²) >= 11 is 0. The van der Waals surface area contributed by atoms with E-state index < -0.39 is 29.3 Å². The molecule has 2 amide bonds. The molecule has 0 aromatic carbocycles. The molecule has 0 rings (SSSR count). The smallest absolute Gasteiger partial charge is 0.407 e. The molecule has 0 radical (unpaired) electrons. The zero-order valence-electron chi connectivity index (χ0n) is 22.7. The summed E-state index contributed by atoms with van der Waals surface area (Å²) < 4.78 is 10.8. The predicted molar refractivity (Wildman–Crippen MR) is 133 cm³/mol. The van der Waals surface area contributed by atoms with Gasteiger partial charge < -0.3 is 20.1 Å². The van der Waals surface area contributed by atoms with Crippen LogP contribution in [0.5, 0.6) is 0 Å². The van der Waals surface area contributed by atoms with Crippen LogP contribution in [0.4, 0.5) is 4.79 Å². The maximum atomic E-state index is 13.1. The highest BCUT2D eigenvalue weighted by molar-refractivity contribution is 5.91. The molecule has 1 unspecified atom stereocenters. The van der Waals surface area contributed by atoms with Gasteiger partial charge in [-0.2, -0.15) is 0 Å². The van der Waals surface area contributed by atoms with Gasteiger partial charge in [-0.3, -0.25) is 14.4 Å². The molecule has 0 saturated carbocycles. The quantitative estimate of drug-likeness (QED) is 0.248. The molecule has 0 saturated heterocycles. The molecule has 0 heterocycles. The van der Waals surface area contributed by atoms with E-state index in [1.807, 2.05) is 20.8 Å². The zero-order valence-corrected chi connectivity index (χ0v) is 22.7. The van der Waals surface area contributed by atoms with E-state index in [2.05, 4.69) is 17.6 Å². The number of Topliss-reactive ketones (excluding diaryl/α,β-unsaturated/α-hetero) is 1. The normalized spacial score (nSPS) is 13.5. The van der Waals surface area contributed by atoms with Crippen molar-refractivity contribution >= 4 is 23.8 Å². The van der Waals surface area contributed by atoms with Gasteiger partial charge in [0.1, 0.15) is 11.2 Å². The number of amides is 2. The number of hydrogen-bond donors (Lipinski definition) is 2. The molecule has 0 aliphatic rings. The van der Waals surface area contributed by atoms with Gasteiger partial charge in [-0.15, -0.1) is 0 Å². The third-order valence-corrected chi connectivity index (χ3v) is 4.98. The Labute approximate surface area is 206 Å². The van der Waals surface area contributed by atoms with Crippen molar-refractivity contribution in [1.29, 1.82) is 0 Å². The van der Waals surface area contributed by atoms with Crippen molar-refractivity contribution in [2.45, 2.75) is 130 Å². The Kier molecular flexibility index (Phi) is 14.7. The maximum Gasteiger partial charge on any atom is 0.407 e. The first-order valence-corrected chi connectivity index (χ1v) is 12.7. The number of unbranched alkanes of at least 4 members (excludes halogenated alkanes) is 3. The van der Waals surface area contributed by atoms with E-state index >= 15 is 0 Å². The van der Waals surface area contributed by atoms with E-state index in [0.29, 0.717) is 32.2 Å². The van der Waals surface area contributed by atoms with Crippen LogP contribution in [0.15, 0.2) is 0 Å². The fourth-order valence-electron chi connectivity index (χ4n) is 3.30. The average Bonchev–Trinajstić information content (AvgIpc) is 2.69. The number of nitrogens with one attached hydrogen (secondary N) is 2. The van der Waals surface area contributed by atoms with Crippen molar-refractivity contribution in [3.63, 3.8) is 0 Å². The molecule has 0 aromatic rings. The average molecular weight is 485 g/mol. The van der Waals surface area contributed by atoms with Crippen LogP contribution < -0.4 is 10.6 Å². The molecule has 34 heavy (non-hydrogen) atoms. The Balaban J connectivity index is 4.99. The van der Waals surface area contributed by atoms with Crippen LogP contribution in [0.3, 0.4) is 0 Å². The van der Waals surface area contributed by atoms with E-state index in [9.17, 15) is 19.2 Å². The zero-order chi connectivity index (χ0) is 26.4. The standard InChI is InChI=1S/C26H48N2O6/c1-9-11-12-15-19(23(31)33-25(3,4)5)18-21(29)20(28-22(30)10-2)16-13-14-17-27-24(32)34-26(6,7)8/h19-20H,9-18H2,1-8H3,(H,27,32)(H,28,30)/t19-,20?/m1/s1. The molecular formula is C26H48N2O6. The summed E-state index contributed by atoms with van der Waals surface area (Å²) in [6, 6.07) is -0.662. The first-order chi connectivity index (χ1) is 15.7. The summed E-state index contributed by atoms with van der Waals surface area (Å²) in [5, 5.41) is 5.50. The van der Waals surface area contributed by atoms with Crippen molar-refractivity contribution in [2.24, 2.45) is 5.92 Å². The number of carbonyl (C=O) groups is 4. The summed E-state index contributed by atoms with van der Waals surface area (Å²) in [6.07, 6.45) is 4.97. The van der Waals surface area contributed by atoms with Gasteiger partial charge in [-0.05, 0) is 67.2 Å². The Hall–Kier alpha value is -2.12. The van der Waals surface area contributed by atoms with Gasteiger partial charge in [0.05, 0.1) is 12.0 Å². The lowest BCUT2D eigenvalue weighted by Crippen LogP contribution is -2.42. The summed E-state index contributed by atoms with van der Waals surface area (Å²) in [7, 11) is 0. The van der Waals surface area contributed by atoms with Gasteiger partial charge in [-0.25, -0.2) is 4.79 Å². The van der Waals surface area contributed by atoms with Gasteiger partial charge in [0.25, 0.3) is 0 Å². The van der Waals surface area contributed by atoms with Crippen LogP contribution >= 0.6 is 0 Å². The highest BCUT2D eigenvalue weighted by atomic mass is 16.6. The van der Waals surface area contributed by atoms with Crippen molar-refractivity contribution < 1.29 is 28.7 Å². The number of rotatable bonds is 15. The van der Waals surface area contributed by atoms with Crippen LogP contribution in [-0.4, -0.2) is 47.5 Å². The molecule has 0 bridgehead atoms. The molecule has 198 valence electrons. The summed E-state index contributed by atoms with van der Waals surface area (Å²) in [5.74, 6) is -1.24. The van der Waals surface area contributed by atoms with Crippen molar-refractivity contribution in [3.8, 4) is 0 Å². The fourth-order valence-corrected chi connectivity index (χ4v) is 3.30. The Bertz CT molecular complexity index is 649. The first-order valence-electron chi connectivity index (χ1n) is 12.7. The molecule has 0 fully saturated rings. The first kappa shape index (κ1) is 31.9. The minimum absolute atomic E-state index is 0.0451. The Morgan fingerprint density at radius 3 is 1.91 bits per heavy atom. The predicted octanol–water partition coefficient (Wildman–Crippen LogP) is 5.07. The number of ether oxygens (including phenoxy) is 2. The second kappa shape index (κ2) is 15.7. The van der Waals surface area contributed by atoms with Gasteiger partial charge in [0.15, 0.2) is 5.78 Å². The van der Waals surface area contributed by atoms with E-state index in [0.717, 1.165) is 19.3 Å². The van der Waals surface area contributed by atoms with Gasteiger partial charge >= 0.3 is 12.1 Å². The third kappa shape index (κ3) is 16.5. The highest BCUT2D eigenvalue weighted by Crippen LogP contribution is 2.21. The summed E-state index contributed by atoms with van der Waals surface area (Å²) in [5.41, 5.74) is -1.19. The van der Waals surface area contributed by atoms with Crippen molar-refractivity contribution in [3.05, 3.63) is 0 Å².